The molecule has 0 bridgehead atoms. The fraction of sp³-hybridized carbons (Fsp3) is 1.00. The van der Waals surface area contributed by atoms with Crippen LogP contribution in [-0.2, 0) is 0 Å². The first-order valence-corrected chi connectivity index (χ1v) is 6.37. The maximum Gasteiger partial charge on any atom is -0.0184 e. The van der Waals surface area contributed by atoms with Gasteiger partial charge in [0, 0.05) is 0 Å². The Bertz CT molecular complexity index is 237. The molecule has 72 valence electrons. The summed E-state index contributed by atoms with van der Waals surface area (Å²) in [5.74, 6) is 2.37. The van der Waals surface area contributed by atoms with Crippen LogP contribution in [0.2, 0.25) is 0 Å². The molecule has 2 atom stereocenters. The minimum absolute atomic E-state index is 0.902. The minimum Gasteiger partial charge on any atom is -0.0522 e. The maximum atomic E-state index is 1.63. The fourth-order valence-electron chi connectivity index (χ4n) is 6.29. The molecule has 0 aromatic rings. The summed E-state index contributed by atoms with van der Waals surface area (Å²) in [6, 6.07) is 0. The maximum absolute atomic E-state index is 1.63. The molecule has 0 amide bonds. The van der Waals surface area contributed by atoms with Crippen molar-refractivity contribution in [1.29, 1.82) is 0 Å². The Labute approximate surface area is 81.1 Å². The highest BCUT2D eigenvalue weighted by Crippen LogP contribution is 2.79. The van der Waals surface area contributed by atoms with Crippen molar-refractivity contribution in [2.45, 2.75) is 57.8 Å². The second-order valence-corrected chi connectivity index (χ2v) is 6.22. The average molecular weight is 176 g/mol. The van der Waals surface area contributed by atoms with Crippen molar-refractivity contribution in [3.63, 3.8) is 0 Å². The summed E-state index contributed by atoms with van der Waals surface area (Å²) in [4.78, 5) is 0. The van der Waals surface area contributed by atoms with Crippen LogP contribution in [0.3, 0.4) is 0 Å². The van der Waals surface area contributed by atoms with Gasteiger partial charge in [-0.1, -0.05) is 6.42 Å². The summed E-state index contributed by atoms with van der Waals surface area (Å²) in [5, 5.41) is 0. The number of rotatable bonds is 0. The van der Waals surface area contributed by atoms with E-state index in [9.17, 15) is 0 Å². The molecule has 4 aliphatic rings. The van der Waals surface area contributed by atoms with Crippen molar-refractivity contribution in [2.24, 2.45) is 22.7 Å². The zero-order valence-electron chi connectivity index (χ0n) is 8.52. The van der Waals surface area contributed by atoms with E-state index in [2.05, 4.69) is 0 Å². The van der Waals surface area contributed by atoms with E-state index in [4.69, 9.17) is 0 Å². The molecule has 0 aromatic carbocycles. The van der Waals surface area contributed by atoms with Gasteiger partial charge in [-0.05, 0) is 74.0 Å². The fourth-order valence-corrected chi connectivity index (χ4v) is 6.29. The molecular weight excluding hydrogens is 156 g/mol. The first-order valence-electron chi connectivity index (χ1n) is 6.37. The van der Waals surface area contributed by atoms with Crippen LogP contribution >= 0.6 is 0 Å². The molecule has 0 N–H and O–H groups in total. The molecule has 1 spiro atoms. The van der Waals surface area contributed by atoms with E-state index in [0.717, 1.165) is 10.8 Å². The molecule has 4 aliphatic carbocycles. The molecule has 0 aromatic heterocycles. The van der Waals surface area contributed by atoms with E-state index >= 15 is 0 Å². The Morgan fingerprint density at radius 1 is 0.692 bits per heavy atom. The number of hydrogen-bond donors (Lipinski definition) is 0. The lowest BCUT2D eigenvalue weighted by Crippen LogP contribution is -2.32. The first-order chi connectivity index (χ1) is 6.37. The summed E-state index contributed by atoms with van der Waals surface area (Å²) in [5.41, 5.74) is 1.83. The van der Waals surface area contributed by atoms with Crippen molar-refractivity contribution in [3.8, 4) is 0 Å². The normalized spacial score (nSPS) is 62.8. The molecule has 13 heavy (non-hydrogen) atoms. The van der Waals surface area contributed by atoms with Crippen molar-refractivity contribution in [2.75, 3.05) is 0 Å². The van der Waals surface area contributed by atoms with E-state index in [1.807, 2.05) is 0 Å². The second kappa shape index (κ2) is 1.99. The smallest absolute Gasteiger partial charge is 0.0184 e. The summed E-state index contributed by atoms with van der Waals surface area (Å²) in [7, 11) is 0. The van der Waals surface area contributed by atoms with Gasteiger partial charge < -0.3 is 0 Å². The van der Waals surface area contributed by atoms with E-state index < -0.39 is 0 Å². The summed E-state index contributed by atoms with van der Waals surface area (Å²) < 4.78 is 0. The molecule has 0 aliphatic heterocycles. The van der Waals surface area contributed by atoms with Gasteiger partial charge in [-0.2, -0.15) is 0 Å². The largest absolute Gasteiger partial charge is 0.0522 e. The Morgan fingerprint density at radius 3 is 2.08 bits per heavy atom. The topological polar surface area (TPSA) is 0 Å². The van der Waals surface area contributed by atoms with Gasteiger partial charge in [-0.15, -0.1) is 0 Å². The zero-order chi connectivity index (χ0) is 8.52. The summed E-state index contributed by atoms with van der Waals surface area (Å²) in [6.07, 6.45) is 14.5. The highest BCUT2D eigenvalue weighted by molar-refractivity contribution is 5.19. The van der Waals surface area contributed by atoms with Crippen molar-refractivity contribution < 1.29 is 0 Å². The Balaban J connectivity index is 1.93. The van der Waals surface area contributed by atoms with Crippen LogP contribution < -0.4 is 0 Å². The molecular formula is C13H20. The van der Waals surface area contributed by atoms with Gasteiger partial charge in [0.2, 0.25) is 0 Å². The molecule has 0 saturated heterocycles. The van der Waals surface area contributed by atoms with E-state index in [0.29, 0.717) is 0 Å². The van der Waals surface area contributed by atoms with Crippen LogP contribution in [0.5, 0.6) is 0 Å². The molecule has 0 nitrogen and oxygen atoms in total. The quantitative estimate of drug-likeness (QED) is 0.527. The third-order valence-electron chi connectivity index (χ3n) is 6.50. The van der Waals surface area contributed by atoms with E-state index in [-0.39, 0.29) is 0 Å². The van der Waals surface area contributed by atoms with Gasteiger partial charge in [0.15, 0.2) is 0 Å². The van der Waals surface area contributed by atoms with Gasteiger partial charge >= 0.3 is 0 Å². The molecule has 2 unspecified atom stereocenters. The summed E-state index contributed by atoms with van der Waals surface area (Å²) in [6.45, 7) is 0. The van der Waals surface area contributed by atoms with Crippen LogP contribution in [0.15, 0.2) is 0 Å². The van der Waals surface area contributed by atoms with Gasteiger partial charge in [0.1, 0.15) is 0 Å². The summed E-state index contributed by atoms with van der Waals surface area (Å²) >= 11 is 0. The van der Waals surface area contributed by atoms with Crippen LogP contribution in [0.25, 0.3) is 0 Å². The van der Waals surface area contributed by atoms with Crippen LogP contribution in [-0.4, -0.2) is 0 Å². The Kier molecular flexibility index (Phi) is 1.12. The third kappa shape index (κ3) is 0.567. The van der Waals surface area contributed by atoms with Gasteiger partial charge in [-0.25, -0.2) is 0 Å². The zero-order valence-corrected chi connectivity index (χ0v) is 8.52. The molecule has 4 saturated carbocycles. The van der Waals surface area contributed by atoms with Crippen LogP contribution in [0.1, 0.15) is 57.8 Å². The van der Waals surface area contributed by atoms with E-state index in [1.165, 1.54) is 11.8 Å². The Hall–Kier alpha value is 0. The SMILES string of the molecule is C1CC23CCC4CCC(CC2)C43C1. The standard InChI is InChI=1S/C13H20/c1-6-12-8-4-10-2-3-11(5-9-12)13(10,12)7-1/h10-11H,1-9H2. The highest BCUT2D eigenvalue weighted by atomic mass is 14.7. The molecule has 0 radical (unpaired) electrons. The minimum atomic E-state index is 0.902. The predicted molar refractivity (Wildman–Crippen MR) is 53.4 cm³/mol. The third-order valence-corrected chi connectivity index (χ3v) is 6.50. The lowest BCUT2D eigenvalue weighted by molar-refractivity contribution is 0.0985. The van der Waals surface area contributed by atoms with Gasteiger partial charge in [-0.3, -0.25) is 0 Å². The van der Waals surface area contributed by atoms with Crippen molar-refractivity contribution in [1.82, 2.24) is 0 Å². The average Bonchev–Trinajstić information content (AvgIpc) is 2.70. The van der Waals surface area contributed by atoms with Crippen molar-refractivity contribution in [3.05, 3.63) is 0 Å². The van der Waals surface area contributed by atoms with E-state index in [1.54, 1.807) is 57.8 Å². The van der Waals surface area contributed by atoms with Gasteiger partial charge in [0.05, 0.1) is 0 Å². The Morgan fingerprint density at radius 2 is 1.38 bits per heavy atom. The molecule has 4 fully saturated rings. The van der Waals surface area contributed by atoms with Crippen LogP contribution in [0, 0.1) is 22.7 Å². The lowest BCUT2D eigenvalue weighted by atomic mass is 9.66. The molecule has 0 heterocycles. The monoisotopic (exact) mass is 176 g/mol. The predicted octanol–water partition coefficient (Wildman–Crippen LogP) is 3.76. The second-order valence-electron chi connectivity index (χ2n) is 6.22. The molecule has 0 heteroatoms. The van der Waals surface area contributed by atoms with Gasteiger partial charge in [0.25, 0.3) is 0 Å². The lowest BCUT2D eigenvalue weighted by Gasteiger charge is -2.38. The van der Waals surface area contributed by atoms with Crippen molar-refractivity contribution >= 4 is 0 Å². The highest BCUT2D eigenvalue weighted by Gasteiger charge is 2.69. The number of hydrogen-bond acceptors (Lipinski definition) is 0. The van der Waals surface area contributed by atoms with Crippen LogP contribution in [0.4, 0.5) is 0 Å². The molecule has 4 rings (SSSR count). The first kappa shape index (κ1) is 7.31.